The molecular formula is C18H28ClIN4O. The first kappa shape index (κ1) is 22.0. The summed E-state index contributed by atoms with van der Waals surface area (Å²) in [5.74, 6) is 0.939. The van der Waals surface area contributed by atoms with E-state index in [0.717, 1.165) is 49.8 Å². The first-order chi connectivity index (χ1) is 11.7. The molecule has 0 unspecified atom stereocenters. The summed E-state index contributed by atoms with van der Waals surface area (Å²) in [5, 5.41) is 10.3. The van der Waals surface area contributed by atoms with Crippen LogP contribution in [0.25, 0.3) is 0 Å². The minimum absolute atomic E-state index is 0. The van der Waals surface area contributed by atoms with Crippen LogP contribution >= 0.6 is 35.6 Å². The second-order valence-corrected chi connectivity index (χ2v) is 6.45. The van der Waals surface area contributed by atoms with E-state index in [1.165, 1.54) is 5.56 Å². The molecule has 1 saturated carbocycles. The number of nitrogens with one attached hydrogen (secondary N) is 3. The minimum Gasteiger partial charge on any atom is -0.357 e. The average molecular weight is 479 g/mol. The highest BCUT2D eigenvalue weighted by Gasteiger charge is 2.22. The summed E-state index contributed by atoms with van der Waals surface area (Å²) in [6.45, 7) is 4.28. The van der Waals surface area contributed by atoms with Crippen molar-refractivity contribution in [3.8, 4) is 0 Å². The number of aliphatic imine (C=N–C) groups is 1. The quantitative estimate of drug-likeness (QED) is 0.221. The van der Waals surface area contributed by atoms with Crippen LogP contribution in [0.15, 0.2) is 29.3 Å². The zero-order valence-electron chi connectivity index (χ0n) is 14.7. The lowest BCUT2D eigenvalue weighted by Crippen LogP contribution is -2.38. The SMILES string of the molecule is CCNC(=NCCCC(=O)NC1CC1)NCCc1cccc(Cl)c1.I. The maximum atomic E-state index is 11.6. The Balaban J connectivity index is 0.00000312. The third-order valence-electron chi connectivity index (χ3n) is 3.71. The predicted octanol–water partition coefficient (Wildman–Crippen LogP) is 3.11. The van der Waals surface area contributed by atoms with Gasteiger partial charge in [0.2, 0.25) is 5.91 Å². The van der Waals surface area contributed by atoms with Gasteiger partial charge in [-0.2, -0.15) is 0 Å². The van der Waals surface area contributed by atoms with Gasteiger partial charge in [0, 0.05) is 37.1 Å². The molecule has 3 N–H and O–H groups in total. The van der Waals surface area contributed by atoms with Crippen LogP contribution in [0.3, 0.4) is 0 Å². The molecule has 0 radical (unpaired) electrons. The summed E-state index contributed by atoms with van der Waals surface area (Å²) in [6, 6.07) is 8.32. The lowest BCUT2D eigenvalue weighted by molar-refractivity contribution is -0.121. The summed E-state index contributed by atoms with van der Waals surface area (Å²) in [4.78, 5) is 16.1. The molecule has 0 spiro atoms. The van der Waals surface area contributed by atoms with Gasteiger partial charge in [0.1, 0.15) is 0 Å². The number of hydrogen-bond donors (Lipinski definition) is 3. The molecule has 1 amide bonds. The highest BCUT2D eigenvalue weighted by Crippen LogP contribution is 2.18. The van der Waals surface area contributed by atoms with Gasteiger partial charge in [0.25, 0.3) is 0 Å². The Morgan fingerprint density at radius 2 is 2.12 bits per heavy atom. The second kappa shape index (κ2) is 12.4. The third-order valence-corrected chi connectivity index (χ3v) is 3.95. The molecule has 0 saturated heterocycles. The number of carbonyl (C=O) groups is 1. The maximum Gasteiger partial charge on any atom is 0.220 e. The van der Waals surface area contributed by atoms with Crippen LogP contribution in [-0.4, -0.2) is 37.5 Å². The van der Waals surface area contributed by atoms with E-state index < -0.39 is 0 Å². The van der Waals surface area contributed by atoms with Crippen LogP contribution in [-0.2, 0) is 11.2 Å². The maximum absolute atomic E-state index is 11.6. The molecular weight excluding hydrogens is 451 g/mol. The number of carbonyl (C=O) groups excluding carboxylic acids is 1. The van der Waals surface area contributed by atoms with Crippen LogP contribution in [0.2, 0.25) is 5.02 Å². The number of halogens is 2. The fourth-order valence-electron chi connectivity index (χ4n) is 2.32. The zero-order valence-corrected chi connectivity index (χ0v) is 17.8. The summed E-state index contributed by atoms with van der Waals surface area (Å²) in [7, 11) is 0. The van der Waals surface area contributed by atoms with Gasteiger partial charge in [-0.1, -0.05) is 23.7 Å². The summed E-state index contributed by atoms with van der Waals surface area (Å²) in [6.07, 6.45) is 4.45. The van der Waals surface area contributed by atoms with E-state index in [9.17, 15) is 4.79 Å². The minimum atomic E-state index is 0. The summed E-state index contributed by atoms with van der Waals surface area (Å²) >= 11 is 5.99. The van der Waals surface area contributed by atoms with Gasteiger partial charge < -0.3 is 16.0 Å². The van der Waals surface area contributed by atoms with E-state index in [1.54, 1.807) is 0 Å². The van der Waals surface area contributed by atoms with Crippen LogP contribution in [0.5, 0.6) is 0 Å². The Labute approximate surface area is 172 Å². The third kappa shape index (κ3) is 9.89. The van der Waals surface area contributed by atoms with Crippen molar-refractivity contribution in [3.63, 3.8) is 0 Å². The van der Waals surface area contributed by atoms with Crippen molar-refractivity contribution in [1.29, 1.82) is 0 Å². The fourth-order valence-corrected chi connectivity index (χ4v) is 2.53. The molecule has 1 aliphatic carbocycles. The molecule has 0 atom stereocenters. The highest BCUT2D eigenvalue weighted by atomic mass is 127. The molecule has 0 heterocycles. The van der Waals surface area contributed by atoms with E-state index in [1.807, 2.05) is 25.1 Å². The summed E-state index contributed by atoms with van der Waals surface area (Å²) < 4.78 is 0. The number of benzene rings is 1. The van der Waals surface area contributed by atoms with E-state index >= 15 is 0 Å². The Morgan fingerprint density at radius 3 is 2.80 bits per heavy atom. The van der Waals surface area contributed by atoms with Crippen LogP contribution in [0.4, 0.5) is 0 Å². The zero-order chi connectivity index (χ0) is 17.2. The number of nitrogens with zero attached hydrogens (tertiary/aromatic N) is 1. The molecule has 0 bridgehead atoms. The molecule has 7 heteroatoms. The number of rotatable bonds is 9. The van der Waals surface area contributed by atoms with Crippen LogP contribution in [0.1, 0.15) is 38.2 Å². The molecule has 1 aliphatic rings. The van der Waals surface area contributed by atoms with Crippen molar-refractivity contribution in [3.05, 3.63) is 34.9 Å². The Hall–Kier alpha value is -1.02. The van der Waals surface area contributed by atoms with E-state index in [2.05, 4.69) is 27.0 Å². The monoisotopic (exact) mass is 478 g/mol. The normalized spacial score (nSPS) is 13.8. The van der Waals surface area contributed by atoms with Crippen molar-refractivity contribution in [2.24, 2.45) is 4.99 Å². The molecule has 1 fully saturated rings. The fraction of sp³-hybridized carbons (Fsp3) is 0.556. The molecule has 1 aromatic carbocycles. The topological polar surface area (TPSA) is 65.5 Å². The Bertz CT molecular complexity index is 564. The summed E-state index contributed by atoms with van der Waals surface area (Å²) in [5.41, 5.74) is 1.20. The van der Waals surface area contributed by atoms with Crippen molar-refractivity contribution in [2.45, 2.75) is 45.1 Å². The smallest absolute Gasteiger partial charge is 0.220 e. The van der Waals surface area contributed by atoms with Crippen molar-refractivity contribution in [1.82, 2.24) is 16.0 Å². The van der Waals surface area contributed by atoms with Gasteiger partial charge >= 0.3 is 0 Å². The molecule has 25 heavy (non-hydrogen) atoms. The van der Waals surface area contributed by atoms with Crippen molar-refractivity contribution >= 4 is 47.4 Å². The number of hydrogen-bond acceptors (Lipinski definition) is 2. The Kier molecular flexibility index (Phi) is 10.9. The van der Waals surface area contributed by atoms with E-state index in [4.69, 9.17) is 11.6 Å². The van der Waals surface area contributed by atoms with Crippen molar-refractivity contribution < 1.29 is 4.79 Å². The van der Waals surface area contributed by atoms with Gasteiger partial charge in [-0.3, -0.25) is 9.79 Å². The standard InChI is InChI=1S/C18H27ClN4O.HI/c1-2-20-18(21-11-4-7-17(24)23-16-8-9-16)22-12-10-14-5-3-6-15(19)13-14;/h3,5-6,13,16H,2,4,7-12H2,1H3,(H,23,24)(H2,20,21,22);1H. The van der Waals surface area contributed by atoms with Crippen LogP contribution in [0, 0.1) is 0 Å². The molecule has 1 aromatic rings. The van der Waals surface area contributed by atoms with Gasteiger partial charge in [-0.15, -0.1) is 24.0 Å². The highest BCUT2D eigenvalue weighted by molar-refractivity contribution is 14.0. The number of amides is 1. The first-order valence-electron chi connectivity index (χ1n) is 8.73. The molecule has 5 nitrogen and oxygen atoms in total. The number of guanidine groups is 1. The molecule has 2 rings (SSSR count). The predicted molar refractivity (Wildman–Crippen MR) is 115 cm³/mol. The van der Waals surface area contributed by atoms with Gasteiger partial charge in [0.15, 0.2) is 5.96 Å². The van der Waals surface area contributed by atoms with Gasteiger partial charge in [-0.05, 0) is 50.3 Å². The average Bonchev–Trinajstić information content (AvgIpc) is 3.35. The van der Waals surface area contributed by atoms with E-state index in [-0.39, 0.29) is 29.9 Å². The second-order valence-electron chi connectivity index (χ2n) is 6.01. The van der Waals surface area contributed by atoms with Crippen LogP contribution < -0.4 is 16.0 Å². The lowest BCUT2D eigenvalue weighted by atomic mass is 10.1. The first-order valence-corrected chi connectivity index (χ1v) is 9.11. The van der Waals surface area contributed by atoms with Crippen molar-refractivity contribution in [2.75, 3.05) is 19.6 Å². The Morgan fingerprint density at radius 1 is 1.32 bits per heavy atom. The lowest BCUT2D eigenvalue weighted by Gasteiger charge is -2.11. The largest absolute Gasteiger partial charge is 0.357 e. The molecule has 0 aliphatic heterocycles. The molecule has 0 aromatic heterocycles. The molecule has 140 valence electrons. The van der Waals surface area contributed by atoms with E-state index in [0.29, 0.717) is 19.0 Å². The van der Waals surface area contributed by atoms with Gasteiger partial charge in [0.05, 0.1) is 0 Å². The van der Waals surface area contributed by atoms with Gasteiger partial charge in [-0.25, -0.2) is 0 Å².